The van der Waals surface area contributed by atoms with E-state index in [0.29, 0.717) is 6.07 Å². The van der Waals surface area contributed by atoms with Crippen LogP contribution in [0.1, 0.15) is 17.3 Å². The monoisotopic (exact) mass is 297 g/mol. The number of rotatable bonds is 4. The number of carbonyl (C=O) groups is 1. The van der Waals surface area contributed by atoms with Crippen molar-refractivity contribution in [3.05, 3.63) is 51.8 Å². The zero-order valence-electron chi connectivity index (χ0n) is 10.7. The SMILES string of the molecule is CCOC(=O)c1cnn(-c2c([N+](=O)[O-])ccc(F)c2F)c1. The highest BCUT2D eigenvalue weighted by molar-refractivity contribution is 5.88. The fourth-order valence-electron chi connectivity index (χ4n) is 1.66. The van der Waals surface area contributed by atoms with Gasteiger partial charge in [0.15, 0.2) is 17.3 Å². The Labute approximate surface area is 116 Å². The molecule has 1 aromatic carbocycles. The van der Waals surface area contributed by atoms with Gasteiger partial charge in [-0.25, -0.2) is 18.3 Å². The third kappa shape index (κ3) is 2.71. The van der Waals surface area contributed by atoms with Crippen LogP contribution in [0, 0.1) is 21.7 Å². The van der Waals surface area contributed by atoms with Crippen LogP contribution in [0.3, 0.4) is 0 Å². The molecule has 21 heavy (non-hydrogen) atoms. The second-order valence-electron chi connectivity index (χ2n) is 3.88. The molecule has 0 atom stereocenters. The van der Waals surface area contributed by atoms with Gasteiger partial charge in [0.05, 0.1) is 23.3 Å². The summed E-state index contributed by atoms with van der Waals surface area (Å²) in [5, 5.41) is 14.5. The topological polar surface area (TPSA) is 87.3 Å². The number of hydrogen-bond donors (Lipinski definition) is 0. The van der Waals surface area contributed by atoms with Gasteiger partial charge in [0.25, 0.3) is 5.69 Å². The summed E-state index contributed by atoms with van der Waals surface area (Å²) in [6, 6.07) is 1.46. The number of nitro groups is 1. The van der Waals surface area contributed by atoms with E-state index in [1.807, 2.05) is 0 Å². The second kappa shape index (κ2) is 5.65. The number of halogens is 2. The van der Waals surface area contributed by atoms with Crippen molar-refractivity contribution in [1.29, 1.82) is 0 Å². The maximum absolute atomic E-state index is 13.8. The number of hydrogen-bond acceptors (Lipinski definition) is 5. The van der Waals surface area contributed by atoms with Crippen molar-refractivity contribution in [2.45, 2.75) is 6.92 Å². The number of benzene rings is 1. The Kier molecular flexibility index (Phi) is 3.92. The van der Waals surface area contributed by atoms with E-state index in [1.165, 1.54) is 0 Å². The smallest absolute Gasteiger partial charge is 0.341 e. The van der Waals surface area contributed by atoms with Gasteiger partial charge in [0.1, 0.15) is 0 Å². The van der Waals surface area contributed by atoms with E-state index in [4.69, 9.17) is 4.74 Å². The third-order valence-electron chi connectivity index (χ3n) is 2.57. The van der Waals surface area contributed by atoms with Gasteiger partial charge in [-0.15, -0.1) is 0 Å². The molecule has 0 aliphatic carbocycles. The summed E-state index contributed by atoms with van der Waals surface area (Å²) >= 11 is 0. The minimum Gasteiger partial charge on any atom is -0.462 e. The van der Waals surface area contributed by atoms with E-state index >= 15 is 0 Å². The summed E-state index contributed by atoms with van der Waals surface area (Å²) in [4.78, 5) is 21.5. The minimum absolute atomic E-state index is 0.0326. The molecule has 0 aliphatic rings. The van der Waals surface area contributed by atoms with Gasteiger partial charge < -0.3 is 4.74 Å². The van der Waals surface area contributed by atoms with Gasteiger partial charge in [-0.3, -0.25) is 10.1 Å². The van der Waals surface area contributed by atoms with E-state index in [1.54, 1.807) is 6.92 Å². The first kappa shape index (κ1) is 14.6. The van der Waals surface area contributed by atoms with E-state index in [0.717, 1.165) is 23.1 Å². The Morgan fingerprint density at radius 2 is 2.19 bits per heavy atom. The van der Waals surface area contributed by atoms with Crippen LogP contribution in [0.4, 0.5) is 14.5 Å². The first-order valence-electron chi connectivity index (χ1n) is 5.80. The van der Waals surface area contributed by atoms with Crippen molar-refractivity contribution >= 4 is 11.7 Å². The molecule has 7 nitrogen and oxygen atoms in total. The van der Waals surface area contributed by atoms with Crippen molar-refractivity contribution in [3.63, 3.8) is 0 Å². The summed E-state index contributed by atoms with van der Waals surface area (Å²) in [6.07, 6.45) is 2.08. The first-order valence-corrected chi connectivity index (χ1v) is 5.80. The van der Waals surface area contributed by atoms with Crippen LogP contribution in [0.25, 0.3) is 5.69 Å². The van der Waals surface area contributed by atoms with Crippen molar-refractivity contribution in [2.24, 2.45) is 0 Å². The minimum atomic E-state index is -1.43. The fourth-order valence-corrected chi connectivity index (χ4v) is 1.66. The summed E-state index contributed by atoms with van der Waals surface area (Å²) < 4.78 is 32.5. The van der Waals surface area contributed by atoms with Crippen molar-refractivity contribution in [1.82, 2.24) is 9.78 Å². The summed E-state index contributed by atoms with van der Waals surface area (Å²) in [6.45, 7) is 1.72. The van der Waals surface area contributed by atoms with E-state index < -0.39 is 33.9 Å². The maximum atomic E-state index is 13.8. The summed E-state index contributed by atoms with van der Waals surface area (Å²) in [5.41, 5.74) is -1.39. The van der Waals surface area contributed by atoms with Crippen LogP contribution < -0.4 is 0 Å². The van der Waals surface area contributed by atoms with Crippen LogP contribution in [-0.2, 0) is 4.74 Å². The number of nitro benzene ring substituents is 1. The van der Waals surface area contributed by atoms with E-state index in [9.17, 15) is 23.7 Å². The predicted molar refractivity (Wildman–Crippen MR) is 66.1 cm³/mol. The Balaban J connectivity index is 2.54. The lowest BCUT2D eigenvalue weighted by molar-refractivity contribution is -0.384. The van der Waals surface area contributed by atoms with Crippen LogP contribution in [0.15, 0.2) is 24.5 Å². The first-order chi connectivity index (χ1) is 9.95. The third-order valence-corrected chi connectivity index (χ3v) is 2.57. The van der Waals surface area contributed by atoms with Gasteiger partial charge in [0, 0.05) is 12.3 Å². The highest BCUT2D eigenvalue weighted by Gasteiger charge is 2.24. The molecule has 0 saturated heterocycles. The second-order valence-corrected chi connectivity index (χ2v) is 3.88. The van der Waals surface area contributed by atoms with Crippen LogP contribution in [0.5, 0.6) is 0 Å². The molecule has 0 saturated carbocycles. The number of esters is 1. The van der Waals surface area contributed by atoms with Gasteiger partial charge in [-0.2, -0.15) is 5.10 Å². The van der Waals surface area contributed by atoms with Gasteiger partial charge in [0.2, 0.25) is 0 Å². The lowest BCUT2D eigenvalue weighted by Crippen LogP contribution is -2.06. The lowest BCUT2D eigenvalue weighted by atomic mass is 10.2. The zero-order valence-corrected chi connectivity index (χ0v) is 10.7. The molecular weight excluding hydrogens is 288 g/mol. The molecule has 0 aliphatic heterocycles. The highest BCUT2D eigenvalue weighted by atomic mass is 19.2. The molecule has 0 amide bonds. The van der Waals surface area contributed by atoms with Crippen molar-refractivity contribution in [3.8, 4) is 5.69 Å². The lowest BCUT2D eigenvalue weighted by Gasteiger charge is -2.05. The molecule has 2 rings (SSSR count). The van der Waals surface area contributed by atoms with E-state index in [-0.39, 0.29) is 12.2 Å². The fraction of sp³-hybridized carbons (Fsp3) is 0.167. The summed E-state index contributed by atoms with van der Waals surface area (Å²) in [5.74, 6) is -3.41. The quantitative estimate of drug-likeness (QED) is 0.490. The number of nitrogens with zero attached hydrogens (tertiary/aromatic N) is 3. The van der Waals surface area contributed by atoms with E-state index in [2.05, 4.69) is 5.10 Å². The largest absolute Gasteiger partial charge is 0.462 e. The zero-order chi connectivity index (χ0) is 15.6. The van der Waals surface area contributed by atoms with Crippen molar-refractivity contribution < 1.29 is 23.2 Å². The van der Waals surface area contributed by atoms with Gasteiger partial charge in [-0.05, 0) is 13.0 Å². The average Bonchev–Trinajstić information content (AvgIpc) is 2.91. The van der Waals surface area contributed by atoms with Crippen LogP contribution in [0.2, 0.25) is 0 Å². The molecular formula is C12H9F2N3O4. The Hall–Kier alpha value is -2.84. The molecule has 0 N–H and O–H groups in total. The molecule has 2 aromatic rings. The van der Waals surface area contributed by atoms with Gasteiger partial charge >= 0.3 is 5.97 Å². The maximum Gasteiger partial charge on any atom is 0.341 e. The Morgan fingerprint density at radius 1 is 1.48 bits per heavy atom. The molecule has 0 fully saturated rings. The molecule has 1 aromatic heterocycles. The molecule has 0 unspecified atom stereocenters. The van der Waals surface area contributed by atoms with Gasteiger partial charge in [-0.1, -0.05) is 0 Å². The van der Waals surface area contributed by atoms with Crippen LogP contribution in [-0.4, -0.2) is 27.3 Å². The van der Waals surface area contributed by atoms with Crippen molar-refractivity contribution in [2.75, 3.05) is 6.61 Å². The average molecular weight is 297 g/mol. The molecule has 1 heterocycles. The normalized spacial score (nSPS) is 10.4. The Morgan fingerprint density at radius 3 is 2.81 bits per heavy atom. The molecule has 0 bridgehead atoms. The van der Waals surface area contributed by atoms with Crippen LogP contribution >= 0.6 is 0 Å². The molecule has 0 spiro atoms. The number of aromatic nitrogens is 2. The predicted octanol–water partition coefficient (Wildman–Crippen LogP) is 2.24. The highest BCUT2D eigenvalue weighted by Crippen LogP contribution is 2.27. The summed E-state index contributed by atoms with van der Waals surface area (Å²) in [7, 11) is 0. The standard InChI is InChI=1S/C12H9F2N3O4/c1-2-21-12(18)7-5-15-16(6-7)11-9(17(19)20)4-3-8(13)10(11)14/h3-6H,2H2,1H3. The molecule has 0 radical (unpaired) electrons. The molecule has 110 valence electrons. The number of ether oxygens (including phenoxy) is 1. The number of carbonyl (C=O) groups excluding carboxylic acids is 1. The molecule has 9 heteroatoms. The Bertz CT molecular complexity index is 715.